The maximum atomic E-state index is 12.7. The topological polar surface area (TPSA) is 32.3 Å². The molecule has 0 aliphatic carbocycles. The van der Waals surface area contributed by atoms with Gasteiger partial charge in [0, 0.05) is 12.5 Å². The van der Waals surface area contributed by atoms with Crippen molar-refractivity contribution in [3.05, 3.63) is 35.6 Å². The van der Waals surface area contributed by atoms with Crippen LogP contribution in [0.5, 0.6) is 0 Å². The summed E-state index contributed by atoms with van der Waals surface area (Å²) >= 11 is 0. The van der Waals surface area contributed by atoms with Gasteiger partial charge in [-0.1, -0.05) is 12.1 Å². The number of halogens is 1. The molecule has 0 spiro atoms. The highest BCUT2D eigenvalue weighted by atomic mass is 19.1. The molecule has 1 aromatic carbocycles. The lowest BCUT2D eigenvalue weighted by Gasteiger charge is -2.28. The summed E-state index contributed by atoms with van der Waals surface area (Å²) in [5.41, 5.74) is 1.09. The Hall–Kier alpha value is -0.930. The van der Waals surface area contributed by atoms with Crippen LogP contribution in [0, 0.1) is 11.7 Å². The lowest BCUT2D eigenvalue weighted by atomic mass is 9.90. The smallest absolute Gasteiger partial charge is 0.123 e. The lowest BCUT2D eigenvalue weighted by molar-refractivity contribution is 0.0791. The summed E-state index contributed by atoms with van der Waals surface area (Å²) in [4.78, 5) is 0. The van der Waals surface area contributed by atoms with Crippen LogP contribution < -0.4 is 5.32 Å². The van der Waals surface area contributed by atoms with Crippen molar-refractivity contribution in [2.24, 2.45) is 5.92 Å². The van der Waals surface area contributed by atoms with E-state index in [0.29, 0.717) is 0 Å². The second kappa shape index (κ2) is 4.73. The fourth-order valence-electron chi connectivity index (χ4n) is 2.04. The molecule has 0 aromatic heterocycles. The predicted molar refractivity (Wildman–Crippen MR) is 57.1 cm³/mol. The second-order valence-corrected chi connectivity index (χ2v) is 4.15. The Morgan fingerprint density at radius 3 is 2.73 bits per heavy atom. The Kier molecular flexibility index (Phi) is 3.34. The van der Waals surface area contributed by atoms with Crippen LogP contribution in [0.15, 0.2) is 24.3 Å². The van der Waals surface area contributed by atoms with Crippen molar-refractivity contribution < 1.29 is 9.50 Å². The molecule has 82 valence electrons. The summed E-state index contributed by atoms with van der Waals surface area (Å²) in [6, 6.07) is 6.52. The first-order valence-corrected chi connectivity index (χ1v) is 5.39. The molecule has 15 heavy (non-hydrogen) atoms. The summed E-state index contributed by atoms with van der Waals surface area (Å²) in [6.07, 6.45) is 1.40. The van der Waals surface area contributed by atoms with E-state index in [2.05, 4.69) is 5.32 Å². The average Bonchev–Trinajstić information content (AvgIpc) is 2.25. The van der Waals surface area contributed by atoms with E-state index < -0.39 is 0 Å². The van der Waals surface area contributed by atoms with Crippen molar-refractivity contribution in [3.8, 4) is 0 Å². The minimum atomic E-state index is -0.226. The molecule has 1 aliphatic rings. The molecule has 2 atom stereocenters. The Morgan fingerprint density at radius 2 is 2.07 bits per heavy atom. The molecule has 0 radical (unpaired) electrons. The van der Waals surface area contributed by atoms with Gasteiger partial charge in [-0.2, -0.15) is 0 Å². The van der Waals surface area contributed by atoms with Crippen LogP contribution in [0.1, 0.15) is 12.0 Å². The molecule has 0 amide bonds. The standard InChI is InChI=1S/C12H16FNO/c13-11-3-1-9(2-4-11)7-10-8-14-6-5-12(10)15/h1-4,10,12,14-15H,5-8H2/t10-,12+/m1/s1. The Bertz CT molecular complexity index is 312. The highest BCUT2D eigenvalue weighted by molar-refractivity contribution is 5.17. The first-order valence-electron chi connectivity index (χ1n) is 5.39. The molecule has 1 fully saturated rings. The minimum absolute atomic E-state index is 0.207. The van der Waals surface area contributed by atoms with Crippen molar-refractivity contribution in [2.75, 3.05) is 13.1 Å². The molecule has 2 rings (SSSR count). The molecule has 1 aromatic rings. The molecule has 2 nitrogen and oxygen atoms in total. The predicted octanol–water partition coefficient (Wildman–Crippen LogP) is 1.34. The Labute approximate surface area is 89.1 Å². The van der Waals surface area contributed by atoms with Gasteiger partial charge in [0.2, 0.25) is 0 Å². The number of hydrogen-bond donors (Lipinski definition) is 2. The number of benzene rings is 1. The fraction of sp³-hybridized carbons (Fsp3) is 0.500. The molecule has 1 aliphatic heterocycles. The zero-order valence-corrected chi connectivity index (χ0v) is 8.62. The molecule has 3 heteroatoms. The summed E-state index contributed by atoms with van der Waals surface area (Å²) in [5.74, 6) is 0.0466. The van der Waals surface area contributed by atoms with E-state index in [1.54, 1.807) is 12.1 Å². The van der Waals surface area contributed by atoms with Crippen LogP contribution in [-0.2, 0) is 6.42 Å². The molecule has 0 bridgehead atoms. The van der Waals surface area contributed by atoms with Crippen molar-refractivity contribution in [1.29, 1.82) is 0 Å². The summed E-state index contributed by atoms with van der Waals surface area (Å²) in [6.45, 7) is 1.74. The zero-order chi connectivity index (χ0) is 10.7. The Morgan fingerprint density at radius 1 is 1.33 bits per heavy atom. The first-order chi connectivity index (χ1) is 7.25. The Balaban J connectivity index is 1.98. The monoisotopic (exact) mass is 209 g/mol. The normalized spacial score (nSPS) is 26.5. The maximum Gasteiger partial charge on any atom is 0.123 e. The number of nitrogens with one attached hydrogen (secondary N) is 1. The van der Waals surface area contributed by atoms with Crippen LogP contribution in [0.4, 0.5) is 4.39 Å². The number of piperidine rings is 1. The summed E-state index contributed by atoms with van der Waals surface area (Å²) in [5, 5.41) is 13.0. The zero-order valence-electron chi connectivity index (χ0n) is 8.62. The summed E-state index contributed by atoms with van der Waals surface area (Å²) in [7, 11) is 0. The quantitative estimate of drug-likeness (QED) is 0.770. The van der Waals surface area contributed by atoms with E-state index in [4.69, 9.17) is 0 Å². The van der Waals surface area contributed by atoms with Crippen LogP contribution in [0.2, 0.25) is 0 Å². The average molecular weight is 209 g/mol. The highest BCUT2D eigenvalue weighted by Gasteiger charge is 2.22. The highest BCUT2D eigenvalue weighted by Crippen LogP contribution is 2.17. The van der Waals surface area contributed by atoms with E-state index in [9.17, 15) is 9.50 Å². The van der Waals surface area contributed by atoms with Crippen LogP contribution in [0.3, 0.4) is 0 Å². The van der Waals surface area contributed by atoms with Gasteiger partial charge >= 0.3 is 0 Å². The fourth-order valence-corrected chi connectivity index (χ4v) is 2.04. The lowest BCUT2D eigenvalue weighted by Crippen LogP contribution is -2.40. The maximum absolute atomic E-state index is 12.7. The molecule has 0 unspecified atom stereocenters. The third kappa shape index (κ3) is 2.76. The van der Waals surface area contributed by atoms with Crippen molar-refractivity contribution in [3.63, 3.8) is 0 Å². The van der Waals surface area contributed by atoms with Crippen molar-refractivity contribution in [1.82, 2.24) is 5.32 Å². The number of hydrogen-bond acceptors (Lipinski definition) is 2. The number of aliphatic hydroxyl groups excluding tert-OH is 1. The van der Waals surface area contributed by atoms with Gasteiger partial charge in [0.1, 0.15) is 5.82 Å². The van der Waals surface area contributed by atoms with Crippen molar-refractivity contribution in [2.45, 2.75) is 18.9 Å². The second-order valence-electron chi connectivity index (χ2n) is 4.15. The minimum Gasteiger partial charge on any atom is -0.393 e. The molecule has 1 saturated heterocycles. The van der Waals surface area contributed by atoms with E-state index in [-0.39, 0.29) is 17.8 Å². The van der Waals surface area contributed by atoms with Crippen LogP contribution in [-0.4, -0.2) is 24.3 Å². The van der Waals surface area contributed by atoms with Crippen LogP contribution in [0.25, 0.3) is 0 Å². The van der Waals surface area contributed by atoms with Gasteiger partial charge in [0.25, 0.3) is 0 Å². The van der Waals surface area contributed by atoms with Gasteiger partial charge < -0.3 is 10.4 Å². The third-order valence-corrected chi connectivity index (χ3v) is 2.98. The molecule has 1 heterocycles. The molecule has 0 saturated carbocycles. The first kappa shape index (κ1) is 10.6. The van der Waals surface area contributed by atoms with Gasteiger partial charge in [0.05, 0.1) is 6.10 Å². The molecule has 2 N–H and O–H groups in total. The number of aliphatic hydroxyl groups is 1. The molecular formula is C12H16FNO. The van der Waals surface area contributed by atoms with E-state index >= 15 is 0 Å². The van der Waals surface area contributed by atoms with Gasteiger partial charge in [-0.05, 0) is 37.1 Å². The molecular weight excluding hydrogens is 193 g/mol. The largest absolute Gasteiger partial charge is 0.393 e. The SMILES string of the molecule is O[C@H]1CCNC[C@H]1Cc1ccc(F)cc1. The van der Waals surface area contributed by atoms with Gasteiger partial charge in [-0.15, -0.1) is 0 Å². The van der Waals surface area contributed by atoms with E-state index in [0.717, 1.165) is 31.5 Å². The third-order valence-electron chi connectivity index (χ3n) is 2.98. The number of rotatable bonds is 2. The summed E-state index contributed by atoms with van der Waals surface area (Å²) < 4.78 is 12.7. The van der Waals surface area contributed by atoms with Gasteiger partial charge in [0.15, 0.2) is 0 Å². The van der Waals surface area contributed by atoms with Crippen LogP contribution >= 0.6 is 0 Å². The van der Waals surface area contributed by atoms with E-state index in [1.165, 1.54) is 12.1 Å². The van der Waals surface area contributed by atoms with E-state index in [1.807, 2.05) is 0 Å². The van der Waals surface area contributed by atoms with Crippen molar-refractivity contribution >= 4 is 0 Å². The van der Waals surface area contributed by atoms with Gasteiger partial charge in [-0.3, -0.25) is 0 Å². The van der Waals surface area contributed by atoms with Gasteiger partial charge in [-0.25, -0.2) is 4.39 Å².